The Morgan fingerprint density at radius 1 is 0.923 bits per heavy atom. The molecule has 1 aromatic carbocycles. The minimum absolute atomic E-state index is 0.950. The highest BCUT2D eigenvalue weighted by atomic mass is 15.1. The molecule has 0 saturated heterocycles. The molecular formula is C22H23N4+. The maximum Gasteiger partial charge on any atom is 0.318 e. The van der Waals surface area contributed by atoms with Crippen molar-refractivity contribution in [2.75, 3.05) is 18.0 Å². The Balaban J connectivity index is 1.87. The average molecular weight is 343 g/mol. The van der Waals surface area contributed by atoms with Crippen LogP contribution in [0.15, 0.2) is 79.3 Å². The van der Waals surface area contributed by atoms with Gasteiger partial charge in [-0.05, 0) is 62.4 Å². The molecule has 0 aliphatic heterocycles. The molecule has 0 amide bonds. The van der Waals surface area contributed by atoms with Gasteiger partial charge >= 0.3 is 5.82 Å². The zero-order valence-corrected chi connectivity index (χ0v) is 15.2. The summed E-state index contributed by atoms with van der Waals surface area (Å²) < 4.78 is 4.39. The lowest BCUT2D eigenvalue weighted by Gasteiger charge is -2.20. The monoisotopic (exact) mass is 343 g/mol. The Labute approximate surface area is 154 Å². The van der Waals surface area contributed by atoms with Crippen molar-refractivity contribution in [1.82, 2.24) is 9.38 Å². The highest BCUT2D eigenvalue weighted by Gasteiger charge is 2.22. The van der Waals surface area contributed by atoms with Gasteiger partial charge in [-0.2, -0.15) is 8.97 Å². The molecule has 0 fully saturated rings. The second-order valence-electron chi connectivity index (χ2n) is 6.22. The summed E-state index contributed by atoms with van der Waals surface area (Å²) in [7, 11) is 0. The quantitative estimate of drug-likeness (QED) is 0.509. The summed E-state index contributed by atoms with van der Waals surface area (Å²) in [5.74, 6) is 1.05. The highest BCUT2D eigenvalue weighted by Crippen LogP contribution is 2.20. The van der Waals surface area contributed by atoms with Crippen LogP contribution in [0, 0.1) is 0 Å². The lowest BCUT2D eigenvalue weighted by atomic mass is 10.2. The van der Waals surface area contributed by atoms with Crippen molar-refractivity contribution < 1.29 is 4.57 Å². The predicted octanol–water partition coefficient (Wildman–Crippen LogP) is 4.12. The number of rotatable bonds is 5. The summed E-state index contributed by atoms with van der Waals surface area (Å²) in [5.41, 5.74) is 4.47. The lowest BCUT2D eigenvalue weighted by Crippen LogP contribution is -2.31. The first kappa shape index (κ1) is 16.3. The topological polar surface area (TPSA) is 24.4 Å². The summed E-state index contributed by atoms with van der Waals surface area (Å²) in [5, 5.41) is 0. The standard InChI is InChI=1S/C22H23N4/c1-3-24(4-2)18-11-13-19(14-12-18)26-17-20-9-6-8-16-25(20)22(26)21-10-5-7-15-23-21/h5-17H,3-4H2,1-2H3/q+1. The van der Waals surface area contributed by atoms with E-state index < -0.39 is 0 Å². The van der Waals surface area contributed by atoms with E-state index in [2.05, 4.69) is 87.6 Å². The minimum atomic E-state index is 0.950. The Kier molecular flexibility index (Phi) is 4.40. The lowest BCUT2D eigenvalue weighted by molar-refractivity contribution is -0.582. The molecule has 0 aliphatic rings. The third-order valence-electron chi connectivity index (χ3n) is 4.76. The molecule has 3 aromatic heterocycles. The van der Waals surface area contributed by atoms with Gasteiger partial charge in [0.2, 0.25) is 0 Å². The molecular weight excluding hydrogens is 320 g/mol. The number of imidazole rings is 1. The van der Waals surface area contributed by atoms with Crippen LogP contribution in [0.5, 0.6) is 0 Å². The van der Waals surface area contributed by atoms with Crippen molar-refractivity contribution in [3.8, 4) is 17.2 Å². The molecule has 0 radical (unpaired) electrons. The normalized spacial score (nSPS) is 11.0. The van der Waals surface area contributed by atoms with E-state index in [0.717, 1.165) is 35.8 Å². The molecule has 3 heterocycles. The molecule has 4 heteroatoms. The number of hydrogen-bond acceptors (Lipinski definition) is 2. The first-order chi connectivity index (χ1) is 12.8. The molecule has 4 aromatic rings. The number of anilines is 1. The van der Waals surface area contributed by atoms with Crippen molar-refractivity contribution in [2.45, 2.75) is 13.8 Å². The van der Waals surface area contributed by atoms with E-state index in [1.54, 1.807) is 0 Å². The number of hydrogen-bond donors (Lipinski definition) is 0. The van der Waals surface area contributed by atoms with Crippen molar-refractivity contribution in [1.29, 1.82) is 0 Å². The van der Waals surface area contributed by atoms with Gasteiger partial charge in [-0.15, -0.1) is 0 Å². The number of nitrogens with zero attached hydrogens (tertiary/aromatic N) is 4. The van der Waals surface area contributed by atoms with E-state index in [1.807, 2.05) is 24.4 Å². The number of pyridine rings is 2. The van der Waals surface area contributed by atoms with Gasteiger partial charge in [-0.1, -0.05) is 12.1 Å². The summed E-state index contributed by atoms with van der Waals surface area (Å²) in [4.78, 5) is 6.93. The molecule has 0 N–H and O–H groups in total. The highest BCUT2D eigenvalue weighted by molar-refractivity contribution is 5.57. The van der Waals surface area contributed by atoms with E-state index in [-0.39, 0.29) is 0 Å². The van der Waals surface area contributed by atoms with Gasteiger partial charge in [0.05, 0.1) is 6.20 Å². The van der Waals surface area contributed by atoms with Crippen LogP contribution in [-0.4, -0.2) is 22.5 Å². The van der Waals surface area contributed by atoms with E-state index in [0.29, 0.717) is 0 Å². The van der Waals surface area contributed by atoms with Gasteiger partial charge in [-0.25, -0.2) is 4.98 Å². The summed E-state index contributed by atoms with van der Waals surface area (Å²) in [6, 6.07) is 21.0. The van der Waals surface area contributed by atoms with Gasteiger partial charge in [0.25, 0.3) is 0 Å². The first-order valence-corrected chi connectivity index (χ1v) is 9.10. The number of aromatic nitrogens is 3. The predicted molar refractivity (Wildman–Crippen MR) is 106 cm³/mol. The van der Waals surface area contributed by atoms with E-state index in [4.69, 9.17) is 0 Å². The molecule has 4 rings (SSSR count). The number of benzene rings is 1. The van der Waals surface area contributed by atoms with Crippen molar-refractivity contribution in [3.05, 3.63) is 79.3 Å². The first-order valence-electron chi connectivity index (χ1n) is 9.10. The zero-order valence-electron chi connectivity index (χ0n) is 15.2. The van der Waals surface area contributed by atoms with Crippen molar-refractivity contribution in [3.63, 3.8) is 0 Å². The van der Waals surface area contributed by atoms with Crippen LogP contribution in [0.3, 0.4) is 0 Å². The van der Waals surface area contributed by atoms with Crippen molar-refractivity contribution in [2.24, 2.45) is 0 Å². The SMILES string of the molecule is CCN(CC)c1ccc(-[n+]2cc3ccccn3c2-c2ccccn2)cc1. The van der Waals surface area contributed by atoms with Crippen molar-refractivity contribution >= 4 is 11.2 Å². The fourth-order valence-electron chi connectivity index (χ4n) is 3.42. The zero-order chi connectivity index (χ0) is 17.9. The van der Waals surface area contributed by atoms with Gasteiger partial charge in [-0.3, -0.25) is 0 Å². The van der Waals surface area contributed by atoms with Gasteiger partial charge < -0.3 is 4.90 Å². The van der Waals surface area contributed by atoms with E-state index in [1.165, 1.54) is 5.69 Å². The van der Waals surface area contributed by atoms with Crippen LogP contribution in [0.4, 0.5) is 5.69 Å². The Bertz CT molecular complexity index is 999. The molecule has 26 heavy (non-hydrogen) atoms. The molecule has 0 unspecified atom stereocenters. The smallest absolute Gasteiger partial charge is 0.318 e. The maximum absolute atomic E-state index is 4.58. The van der Waals surface area contributed by atoms with Crippen LogP contribution in [0.1, 0.15) is 13.8 Å². The maximum atomic E-state index is 4.58. The molecule has 0 bridgehead atoms. The third-order valence-corrected chi connectivity index (χ3v) is 4.76. The van der Waals surface area contributed by atoms with E-state index in [9.17, 15) is 0 Å². The van der Waals surface area contributed by atoms with Crippen LogP contribution in [0.2, 0.25) is 0 Å². The average Bonchev–Trinajstić information content (AvgIpc) is 3.10. The molecule has 0 aliphatic carbocycles. The molecule has 0 spiro atoms. The Hall–Kier alpha value is -3.14. The molecule has 0 atom stereocenters. The Morgan fingerprint density at radius 3 is 2.38 bits per heavy atom. The largest absolute Gasteiger partial charge is 0.372 e. The molecule has 0 saturated carbocycles. The minimum Gasteiger partial charge on any atom is -0.372 e. The fourth-order valence-corrected chi connectivity index (χ4v) is 3.42. The molecule has 130 valence electrons. The summed E-state index contributed by atoms with van der Waals surface area (Å²) in [6.45, 7) is 6.40. The van der Waals surface area contributed by atoms with Gasteiger partial charge in [0.15, 0.2) is 11.2 Å². The van der Waals surface area contributed by atoms with Gasteiger partial charge in [0, 0.05) is 25.0 Å². The van der Waals surface area contributed by atoms with Gasteiger partial charge in [0.1, 0.15) is 11.9 Å². The van der Waals surface area contributed by atoms with Crippen LogP contribution < -0.4 is 9.47 Å². The second kappa shape index (κ2) is 7.00. The van der Waals surface area contributed by atoms with Crippen LogP contribution in [0.25, 0.3) is 22.7 Å². The van der Waals surface area contributed by atoms with E-state index >= 15 is 0 Å². The number of fused-ring (bicyclic) bond motifs is 1. The summed E-state index contributed by atoms with van der Waals surface area (Å²) in [6.07, 6.45) is 6.09. The second-order valence-corrected chi connectivity index (χ2v) is 6.22. The summed E-state index contributed by atoms with van der Waals surface area (Å²) >= 11 is 0. The Morgan fingerprint density at radius 2 is 1.69 bits per heavy atom. The van der Waals surface area contributed by atoms with Crippen LogP contribution >= 0.6 is 0 Å². The fraction of sp³-hybridized carbons (Fsp3) is 0.182. The third kappa shape index (κ3) is 2.84. The molecule has 4 nitrogen and oxygen atoms in total. The van der Waals surface area contributed by atoms with Crippen LogP contribution in [-0.2, 0) is 0 Å².